The third-order valence-corrected chi connectivity index (χ3v) is 3.68. The van der Waals surface area contributed by atoms with E-state index in [4.69, 9.17) is 10.5 Å². The van der Waals surface area contributed by atoms with Crippen molar-refractivity contribution in [2.24, 2.45) is 5.73 Å². The zero-order chi connectivity index (χ0) is 12.8. The molecule has 0 amide bonds. The molecule has 0 aliphatic carbocycles. The van der Waals surface area contributed by atoms with Crippen LogP contribution in [0.3, 0.4) is 0 Å². The van der Waals surface area contributed by atoms with E-state index in [1.54, 1.807) is 0 Å². The molecule has 1 aromatic carbocycles. The number of nitrogens with two attached hydrogens (primary N) is 1. The van der Waals surface area contributed by atoms with Crippen molar-refractivity contribution in [3.05, 3.63) is 29.8 Å². The summed E-state index contributed by atoms with van der Waals surface area (Å²) in [6, 6.07) is 8.70. The van der Waals surface area contributed by atoms with Crippen molar-refractivity contribution in [2.45, 2.75) is 32.2 Å². The predicted octanol–water partition coefficient (Wildman–Crippen LogP) is 2.05. The van der Waals surface area contributed by atoms with Gasteiger partial charge in [-0.2, -0.15) is 0 Å². The summed E-state index contributed by atoms with van der Waals surface area (Å²) in [5.41, 5.74) is 7.17. The molecule has 1 unspecified atom stereocenters. The molecule has 1 aliphatic rings. The van der Waals surface area contributed by atoms with E-state index in [9.17, 15) is 0 Å². The maximum atomic E-state index is 5.89. The van der Waals surface area contributed by atoms with Crippen LogP contribution >= 0.6 is 0 Å². The minimum atomic E-state index is 0.359. The van der Waals surface area contributed by atoms with E-state index >= 15 is 0 Å². The van der Waals surface area contributed by atoms with Crippen LogP contribution in [0.2, 0.25) is 0 Å². The molecule has 0 spiro atoms. The topological polar surface area (TPSA) is 38.5 Å². The number of hydrogen-bond donors (Lipinski definition) is 1. The molecule has 1 aliphatic heterocycles. The summed E-state index contributed by atoms with van der Waals surface area (Å²) in [4.78, 5) is 2.45. The van der Waals surface area contributed by atoms with Gasteiger partial charge < -0.3 is 10.5 Å². The molecule has 0 radical (unpaired) electrons. The van der Waals surface area contributed by atoms with Crippen LogP contribution in [0.4, 0.5) is 0 Å². The fraction of sp³-hybridized carbons (Fsp3) is 0.600. The molecule has 0 aromatic heterocycles. The molecule has 0 bridgehead atoms. The van der Waals surface area contributed by atoms with Crippen molar-refractivity contribution < 1.29 is 4.74 Å². The minimum absolute atomic E-state index is 0.359. The summed E-state index contributed by atoms with van der Waals surface area (Å²) in [6.07, 6.45) is 3.63. The van der Waals surface area contributed by atoms with Crippen molar-refractivity contribution in [3.63, 3.8) is 0 Å². The van der Waals surface area contributed by atoms with Gasteiger partial charge in [0.25, 0.3) is 0 Å². The molecule has 1 fully saturated rings. The van der Waals surface area contributed by atoms with Gasteiger partial charge in [0, 0.05) is 6.54 Å². The second kappa shape index (κ2) is 6.76. The van der Waals surface area contributed by atoms with E-state index in [1.165, 1.54) is 31.5 Å². The first-order chi connectivity index (χ1) is 8.83. The number of benzene rings is 1. The molecule has 2 rings (SSSR count). The van der Waals surface area contributed by atoms with Crippen LogP contribution in [-0.2, 0) is 6.42 Å². The normalized spacial score (nSPS) is 17.9. The fourth-order valence-corrected chi connectivity index (χ4v) is 2.48. The largest absolute Gasteiger partial charge is 0.492 e. The van der Waals surface area contributed by atoms with Crippen molar-refractivity contribution in [3.8, 4) is 5.75 Å². The van der Waals surface area contributed by atoms with Crippen LogP contribution in [0.1, 0.15) is 25.3 Å². The molecule has 1 atom stereocenters. The van der Waals surface area contributed by atoms with E-state index in [1.807, 2.05) is 6.07 Å². The van der Waals surface area contributed by atoms with Gasteiger partial charge in [0.2, 0.25) is 0 Å². The van der Waals surface area contributed by atoms with Crippen molar-refractivity contribution in [1.29, 1.82) is 0 Å². The van der Waals surface area contributed by atoms with Gasteiger partial charge in [-0.1, -0.05) is 19.1 Å². The molecule has 3 heteroatoms. The number of hydrogen-bond acceptors (Lipinski definition) is 3. The second-order valence-electron chi connectivity index (χ2n) is 4.94. The van der Waals surface area contributed by atoms with Crippen LogP contribution in [0.5, 0.6) is 5.75 Å². The van der Waals surface area contributed by atoms with Crippen molar-refractivity contribution in [2.75, 3.05) is 26.2 Å². The molecular weight excluding hydrogens is 224 g/mol. The lowest BCUT2D eigenvalue weighted by atomic mass is 10.2. The van der Waals surface area contributed by atoms with E-state index in [0.717, 1.165) is 12.2 Å². The smallest absolute Gasteiger partial charge is 0.119 e. The lowest BCUT2D eigenvalue weighted by Gasteiger charge is -2.26. The maximum absolute atomic E-state index is 5.89. The number of rotatable bonds is 6. The molecule has 1 heterocycles. The van der Waals surface area contributed by atoms with Gasteiger partial charge in [-0.05, 0) is 50.0 Å². The monoisotopic (exact) mass is 248 g/mol. The van der Waals surface area contributed by atoms with Crippen molar-refractivity contribution in [1.82, 2.24) is 4.90 Å². The summed E-state index contributed by atoms with van der Waals surface area (Å²) in [7, 11) is 0. The molecule has 18 heavy (non-hydrogen) atoms. The van der Waals surface area contributed by atoms with E-state index < -0.39 is 0 Å². The number of nitrogens with zero attached hydrogens (tertiary/aromatic N) is 1. The average molecular weight is 248 g/mol. The van der Waals surface area contributed by atoms with E-state index in [2.05, 4.69) is 30.0 Å². The highest BCUT2D eigenvalue weighted by molar-refractivity contribution is 5.28. The third-order valence-electron chi connectivity index (χ3n) is 3.68. The van der Waals surface area contributed by atoms with Crippen LogP contribution in [-0.4, -0.2) is 37.2 Å². The second-order valence-corrected chi connectivity index (χ2v) is 4.94. The Morgan fingerprint density at radius 2 is 2.11 bits per heavy atom. The quantitative estimate of drug-likeness (QED) is 0.837. The summed E-state index contributed by atoms with van der Waals surface area (Å²) in [5, 5.41) is 0. The Labute approximate surface area is 110 Å². The molecule has 2 N–H and O–H groups in total. The third kappa shape index (κ3) is 3.47. The molecule has 1 saturated heterocycles. The van der Waals surface area contributed by atoms with Gasteiger partial charge in [0.05, 0.1) is 6.04 Å². The van der Waals surface area contributed by atoms with Gasteiger partial charge in [-0.3, -0.25) is 4.90 Å². The first-order valence-electron chi connectivity index (χ1n) is 6.99. The lowest BCUT2D eigenvalue weighted by molar-refractivity contribution is 0.164. The Morgan fingerprint density at radius 1 is 1.33 bits per heavy atom. The van der Waals surface area contributed by atoms with Gasteiger partial charge in [-0.15, -0.1) is 0 Å². The highest BCUT2D eigenvalue weighted by Crippen LogP contribution is 2.16. The van der Waals surface area contributed by atoms with Crippen LogP contribution in [0.15, 0.2) is 24.3 Å². The Bertz CT molecular complexity index is 361. The summed E-state index contributed by atoms with van der Waals surface area (Å²) in [5.74, 6) is 0.965. The average Bonchev–Trinajstić information content (AvgIpc) is 2.94. The summed E-state index contributed by atoms with van der Waals surface area (Å²) in [6.45, 7) is 5.86. The van der Waals surface area contributed by atoms with Crippen molar-refractivity contribution >= 4 is 0 Å². The van der Waals surface area contributed by atoms with Gasteiger partial charge in [-0.25, -0.2) is 0 Å². The molecule has 1 aromatic rings. The van der Waals surface area contributed by atoms with Gasteiger partial charge in [0.15, 0.2) is 0 Å². The SMILES string of the molecule is CCc1cccc(OCC(CN)N2CCCC2)c1. The van der Waals surface area contributed by atoms with Gasteiger partial charge >= 0.3 is 0 Å². The van der Waals surface area contributed by atoms with Crippen LogP contribution in [0.25, 0.3) is 0 Å². The lowest BCUT2D eigenvalue weighted by Crippen LogP contribution is -2.42. The van der Waals surface area contributed by atoms with Gasteiger partial charge in [0.1, 0.15) is 12.4 Å². The maximum Gasteiger partial charge on any atom is 0.119 e. The highest BCUT2D eigenvalue weighted by Gasteiger charge is 2.21. The Morgan fingerprint density at radius 3 is 2.78 bits per heavy atom. The number of likely N-dealkylation sites (tertiary alicyclic amines) is 1. The fourth-order valence-electron chi connectivity index (χ4n) is 2.48. The zero-order valence-corrected chi connectivity index (χ0v) is 11.3. The molecule has 3 nitrogen and oxygen atoms in total. The summed E-state index contributed by atoms with van der Waals surface area (Å²) >= 11 is 0. The number of aryl methyl sites for hydroxylation is 1. The Hall–Kier alpha value is -1.06. The van der Waals surface area contributed by atoms with E-state index in [0.29, 0.717) is 19.2 Å². The predicted molar refractivity (Wildman–Crippen MR) is 75.0 cm³/mol. The van der Waals surface area contributed by atoms with Crippen LogP contribution in [0, 0.1) is 0 Å². The standard InChI is InChI=1S/C15H24N2O/c1-2-13-6-5-7-15(10-13)18-12-14(11-16)17-8-3-4-9-17/h5-7,10,14H,2-4,8-9,11-12,16H2,1H3. The van der Waals surface area contributed by atoms with E-state index in [-0.39, 0.29) is 0 Å². The molecule has 100 valence electrons. The summed E-state index contributed by atoms with van der Waals surface area (Å²) < 4.78 is 5.89. The highest BCUT2D eigenvalue weighted by atomic mass is 16.5. The number of ether oxygens (including phenoxy) is 1. The van der Waals surface area contributed by atoms with Crippen LogP contribution < -0.4 is 10.5 Å². The molecule has 0 saturated carbocycles. The first kappa shape index (κ1) is 13.4. The Balaban J connectivity index is 1.88. The zero-order valence-electron chi connectivity index (χ0n) is 11.3. The minimum Gasteiger partial charge on any atom is -0.492 e. The Kier molecular flexibility index (Phi) is 5.02. The molecular formula is C15H24N2O. The first-order valence-corrected chi connectivity index (χ1v) is 6.99.